The molecule has 1 aromatic carbocycles. The van der Waals surface area contributed by atoms with Gasteiger partial charge in [-0.25, -0.2) is 0 Å². The average Bonchev–Trinajstić information content (AvgIpc) is 1.77. The first-order valence-electron chi connectivity index (χ1n) is 2.27. The molecule has 0 amide bonds. The van der Waals surface area contributed by atoms with Crippen LogP contribution in [0.2, 0.25) is 0 Å². The van der Waals surface area contributed by atoms with Crippen molar-refractivity contribution in [1.29, 1.82) is 0 Å². The van der Waals surface area contributed by atoms with Gasteiger partial charge in [-0.2, -0.15) is 0 Å². The van der Waals surface area contributed by atoms with E-state index in [0.717, 1.165) is 0 Å². The second-order valence-electron chi connectivity index (χ2n) is 1.49. The van der Waals surface area contributed by atoms with E-state index in [2.05, 4.69) is 0 Å². The molecule has 0 aliphatic rings. The van der Waals surface area contributed by atoms with E-state index in [1.54, 1.807) is 12.1 Å². The van der Waals surface area contributed by atoms with E-state index in [4.69, 9.17) is 10.2 Å². The molecular weight excluding hydrogens is 155 g/mol. The summed E-state index contributed by atoms with van der Waals surface area (Å²) in [7, 11) is 0. The maximum Gasteiger partial charge on any atom is 0.157 e. The largest absolute Gasteiger partial charge is 0.504 e. The third-order valence-electron chi connectivity index (χ3n) is 0.882. The van der Waals surface area contributed by atoms with Crippen LogP contribution in [0.15, 0.2) is 24.3 Å². The van der Waals surface area contributed by atoms with Crippen LogP contribution in [0.4, 0.5) is 0 Å². The third-order valence-corrected chi connectivity index (χ3v) is 0.882. The summed E-state index contributed by atoms with van der Waals surface area (Å²) in [5.41, 5.74) is 0. The van der Waals surface area contributed by atoms with Gasteiger partial charge in [0.1, 0.15) is 0 Å². The van der Waals surface area contributed by atoms with E-state index >= 15 is 0 Å². The maximum atomic E-state index is 8.67. The Morgan fingerprint density at radius 3 is 1.44 bits per heavy atom. The Morgan fingerprint density at radius 1 is 0.889 bits per heavy atom. The summed E-state index contributed by atoms with van der Waals surface area (Å²) in [5.74, 6) is -0.153. The summed E-state index contributed by atoms with van der Waals surface area (Å²) in [6.45, 7) is 0. The van der Waals surface area contributed by atoms with Gasteiger partial charge in [0.15, 0.2) is 11.5 Å². The Bertz CT molecular complexity index is 167. The standard InChI is InChI=1S/C6H6O2.V/c7-5-3-1-2-4-6(5)8;/h1-4,7-8H;. The Balaban J connectivity index is 0.000000640. The summed E-state index contributed by atoms with van der Waals surface area (Å²) >= 11 is 0. The minimum atomic E-state index is -0.0764. The van der Waals surface area contributed by atoms with Crippen LogP contribution in [0.25, 0.3) is 0 Å². The predicted octanol–water partition coefficient (Wildman–Crippen LogP) is 1.10. The van der Waals surface area contributed by atoms with Crippen molar-refractivity contribution in [3.63, 3.8) is 0 Å². The zero-order valence-electron chi connectivity index (χ0n) is 4.65. The van der Waals surface area contributed by atoms with E-state index in [0.29, 0.717) is 0 Å². The van der Waals surface area contributed by atoms with E-state index < -0.39 is 0 Å². The van der Waals surface area contributed by atoms with E-state index in [-0.39, 0.29) is 30.1 Å². The molecule has 0 saturated carbocycles. The van der Waals surface area contributed by atoms with Gasteiger partial charge in [0, 0.05) is 18.6 Å². The third kappa shape index (κ3) is 2.00. The molecule has 2 nitrogen and oxygen atoms in total. The number of benzene rings is 1. The number of hydrogen-bond donors (Lipinski definition) is 2. The van der Waals surface area contributed by atoms with Crippen molar-refractivity contribution in [2.24, 2.45) is 0 Å². The van der Waals surface area contributed by atoms with Crippen molar-refractivity contribution >= 4 is 0 Å². The Labute approximate surface area is 65.0 Å². The normalized spacial score (nSPS) is 8.00. The van der Waals surface area contributed by atoms with Crippen LogP contribution < -0.4 is 0 Å². The summed E-state index contributed by atoms with van der Waals surface area (Å²) in [6, 6.07) is 6.15. The molecule has 0 spiro atoms. The van der Waals surface area contributed by atoms with Crippen molar-refractivity contribution < 1.29 is 28.8 Å². The maximum absolute atomic E-state index is 8.67. The average molecular weight is 161 g/mol. The summed E-state index contributed by atoms with van der Waals surface area (Å²) in [5, 5.41) is 17.3. The first kappa shape index (κ1) is 8.40. The van der Waals surface area contributed by atoms with E-state index in [1.165, 1.54) is 12.1 Å². The van der Waals surface area contributed by atoms with Crippen molar-refractivity contribution in [1.82, 2.24) is 0 Å². The fourth-order valence-corrected chi connectivity index (χ4v) is 0.464. The minimum absolute atomic E-state index is 0. The molecule has 0 atom stereocenters. The molecule has 2 N–H and O–H groups in total. The van der Waals surface area contributed by atoms with Gasteiger partial charge in [0.25, 0.3) is 0 Å². The van der Waals surface area contributed by atoms with Gasteiger partial charge < -0.3 is 10.2 Å². The van der Waals surface area contributed by atoms with Crippen LogP contribution >= 0.6 is 0 Å². The van der Waals surface area contributed by atoms with E-state index in [1.807, 2.05) is 0 Å². The summed E-state index contributed by atoms with van der Waals surface area (Å²) in [6.07, 6.45) is 0. The first-order valence-corrected chi connectivity index (χ1v) is 2.27. The molecule has 47 valence electrons. The molecule has 0 saturated heterocycles. The Hall–Kier alpha value is -0.596. The monoisotopic (exact) mass is 161 g/mol. The molecule has 0 aliphatic heterocycles. The Kier molecular flexibility index (Phi) is 3.21. The number of para-hydroxylation sites is 2. The smallest absolute Gasteiger partial charge is 0.157 e. The molecule has 0 aromatic heterocycles. The molecule has 1 radical (unpaired) electrons. The zero-order chi connectivity index (χ0) is 5.98. The number of phenols is 2. The van der Waals surface area contributed by atoms with Gasteiger partial charge in [-0.1, -0.05) is 12.1 Å². The van der Waals surface area contributed by atoms with Crippen LogP contribution in [-0.4, -0.2) is 10.2 Å². The molecule has 0 bridgehead atoms. The van der Waals surface area contributed by atoms with Crippen molar-refractivity contribution in [3.8, 4) is 11.5 Å². The molecular formula is C6H6O2V. The van der Waals surface area contributed by atoms with Crippen LogP contribution in [-0.2, 0) is 18.6 Å². The van der Waals surface area contributed by atoms with Gasteiger partial charge in [0.05, 0.1) is 0 Å². The fourth-order valence-electron chi connectivity index (χ4n) is 0.464. The topological polar surface area (TPSA) is 40.5 Å². The summed E-state index contributed by atoms with van der Waals surface area (Å²) < 4.78 is 0. The number of rotatable bonds is 0. The number of phenolic OH excluding ortho intramolecular Hbond substituents is 2. The summed E-state index contributed by atoms with van der Waals surface area (Å²) in [4.78, 5) is 0. The number of aromatic hydroxyl groups is 2. The molecule has 1 rings (SSSR count). The Morgan fingerprint density at radius 2 is 1.22 bits per heavy atom. The molecule has 1 aromatic rings. The first-order chi connectivity index (χ1) is 3.80. The van der Waals surface area contributed by atoms with Gasteiger partial charge >= 0.3 is 0 Å². The minimum Gasteiger partial charge on any atom is -0.504 e. The predicted molar refractivity (Wildman–Crippen MR) is 29.8 cm³/mol. The van der Waals surface area contributed by atoms with Crippen molar-refractivity contribution in [3.05, 3.63) is 24.3 Å². The molecule has 3 heteroatoms. The fraction of sp³-hybridized carbons (Fsp3) is 0. The molecule has 0 unspecified atom stereocenters. The van der Waals surface area contributed by atoms with Crippen LogP contribution in [0.1, 0.15) is 0 Å². The van der Waals surface area contributed by atoms with Crippen molar-refractivity contribution in [2.75, 3.05) is 0 Å². The zero-order valence-corrected chi connectivity index (χ0v) is 6.05. The molecule has 0 aliphatic carbocycles. The van der Waals surface area contributed by atoms with Crippen LogP contribution in [0, 0.1) is 0 Å². The second-order valence-corrected chi connectivity index (χ2v) is 1.49. The van der Waals surface area contributed by atoms with Gasteiger partial charge in [0.2, 0.25) is 0 Å². The van der Waals surface area contributed by atoms with Gasteiger partial charge in [-0.05, 0) is 12.1 Å². The second kappa shape index (κ2) is 3.43. The molecule has 9 heavy (non-hydrogen) atoms. The number of hydrogen-bond acceptors (Lipinski definition) is 2. The SMILES string of the molecule is Oc1ccccc1O.[V]. The van der Waals surface area contributed by atoms with E-state index in [9.17, 15) is 0 Å². The van der Waals surface area contributed by atoms with Crippen molar-refractivity contribution in [2.45, 2.75) is 0 Å². The van der Waals surface area contributed by atoms with Crippen LogP contribution in [0.3, 0.4) is 0 Å². The van der Waals surface area contributed by atoms with Gasteiger partial charge in [-0.3, -0.25) is 0 Å². The molecule has 0 fully saturated rings. The van der Waals surface area contributed by atoms with Crippen LogP contribution in [0.5, 0.6) is 11.5 Å². The van der Waals surface area contributed by atoms with Gasteiger partial charge in [-0.15, -0.1) is 0 Å². The quantitative estimate of drug-likeness (QED) is 0.559. The molecule has 0 heterocycles.